The first-order valence-corrected chi connectivity index (χ1v) is 9.61. The van der Waals surface area contributed by atoms with Gasteiger partial charge in [0.05, 0.1) is 26.2 Å². The molecule has 1 aliphatic rings. The Morgan fingerprint density at radius 1 is 1.12 bits per heavy atom. The smallest absolute Gasteiger partial charge is 0.137 e. The maximum Gasteiger partial charge on any atom is 0.137 e. The van der Waals surface area contributed by atoms with E-state index in [0.29, 0.717) is 13.2 Å². The number of aryl methyl sites for hydroxylation is 2. The number of anilines is 1. The molecule has 2 N–H and O–H groups in total. The lowest BCUT2D eigenvalue weighted by molar-refractivity contribution is -0.903. The molecule has 1 heterocycles. The molecule has 0 unspecified atom stereocenters. The van der Waals surface area contributed by atoms with E-state index in [-0.39, 0.29) is 0 Å². The number of nitrogens with zero attached hydrogens (tertiary/aromatic N) is 1. The van der Waals surface area contributed by atoms with Gasteiger partial charge in [-0.05, 0) is 55.3 Å². The first-order chi connectivity index (χ1) is 12.5. The van der Waals surface area contributed by atoms with Gasteiger partial charge in [-0.2, -0.15) is 0 Å². The van der Waals surface area contributed by atoms with Crippen LogP contribution in [-0.4, -0.2) is 50.5 Å². The molecule has 1 atom stereocenters. The second kappa shape index (κ2) is 8.76. The van der Waals surface area contributed by atoms with Gasteiger partial charge in [0.25, 0.3) is 0 Å². The molecule has 2 aromatic rings. The van der Waals surface area contributed by atoms with Crippen LogP contribution < -0.4 is 14.5 Å². The van der Waals surface area contributed by atoms with Crippen molar-refractivity contribution in [3.05, 3.63) is 58.6 Å². The van der Waals surface area contributed by atoms with E-state index >= 15 is 0 Å². The van der Waals surface area contributed by atoms with E-state index in [9.17, 15) is 5.11 Å². The molecule has 2 aromatic carbocycles. The minimum Gasteiger partial charge on any atom is -0.491 e. The first-order valence-electron chi connectivity index (χ1n) is 9.23. The SMILES string of the molecule is Cc1ccc(OC[C@H](O)C[NH+]2CCN(c3cccc(Cl)c3)CC2)cc1C. The van der Waals surface area contributed by atoms with Crippen LogP contribution >= 0.6 is 11.6 Å². The number of rotatable bonds is 6. The average molecular weight is 376 g/mol. The summed E-state index contributed by atoms with van der Waals surface area (Å²) < 4.78 is 5.76. The number of benzene rings is 2. The fourth-order valence-corrected chi connectivity index (χ4v) is 3.53. The van der Waals surface area contributed by atoms with Gasteiger partial charge >= 0.3 is 0 Å². The third-order valence-electron chi connectivity index (χ3n) is 5.09. The van der Waals surface area contributed by atoms with Crippen LogP contribution in [0, 0.1) is 13.8 Å². The van der Waals surface area contributed by atoms with Crippen molar-refractivity contribution in [3.63, 3.8) is 0 Å². The third-order valence-corrected chi connectivity index (χ3v) is 5.32. The summed E-state index contributed by atoms with van der Waals surface area (Å²) in [6, 6.07) is 14.0. The van der Waals surface area contributed by atoms with E-state index in [2.05, 4.69) is 30.9 Å². The minimum absolute atomic E-state index is 0.337. The maximum atomic E-state index is 10.3. The zero-order valence-corrected chi connectivity index (χ0v) is 16.3. The lowest BCUT2D eigenvalue weighted by Gasteiger charge is -2.34. The van der Waals surface area contributed by atoms with Crippen LogP contribution in [0.25, 0.3) is 0 Å². The normalized spacial score (nSPS) is 16.5. The standard InChI is InChI=1S/C21H27ClN2O2/c1-16-6-7-21(12-17(16)2)26-15-20(25)14-23-8-10-24(11-9-23)19-5-3-4-18(22)13-19/h3-7,12-13,20,25H,8-11,14-15H2,1-2H3/p+1/t20-/m1/s1. The van der Waals surface area contributed by atoms with Crippen molar-refractivity contribution in [2.24, 2.45) is 0 Å². The van der Waals surface area contributed by atoms with E-state index in [4.69, 9.17) is 16.3 Å². The average Bonchev–Trinajstić information content (AvgIpc) is 2.63. The lowest BCUT2D eigenvalue weighted by atomic mass is 10.1. The highest BCUT2D eigenvalue weighted by atomic mass is 35.5. The van der Waals surface area contributed by atoms with E-state index in [0.717, 1.165) is 37.0 Å². The molecule has 140 valence electrons. The molecule has 0 aromatic heterocycles. The summed E-state index contributed by atoms with van der Waals surface area (Å²) in [5.41, 5.74) is 3.63. The Kier molecular flexibility index (Phi) is 6.41. The number of quaternary nitrogens is 1. The number of hydrogen-bond donors (Lipinski definition) is 2. The Morgan fingerprint density at radius 3 is 2.58 bits per heavy atom. The molecule has 1 fully saturated rings. The Hall–Kier alpha value is -1.75. The van der Waals surface area contributed by atoms with Gasteiger partial charge < -0.3 is 19.6 Å². The number of nitrogens with one attached hydrogen (secondary N) is 1. The molecular weight excluding hydrogens is 348 g/mol. The summed E-state index contributed by atoms with van der Waals surface area (Å²) in [5.74, 6) is 0.827. The second-order valence-corrected chi connectivity index (χ2v) is 7.57. The van der Waals surface area contributed by atoms with Crippen molar-refractivity contribution in [1.29, 1.82) is 0 Å². The molecule has 26 heavy (non-hydrogen) atoms. The molecule has 5 heteroatoms. The number of piperazine rings is 1. The predicted octanol–water partition coefficient (Wildman–Crippen LogP) is 2.10. The van der Waals surface area contributed by atoms with Gasteiger partial charge in [0.2, 0.25) is 0 Å². The fourth-order valence-electron chi connectivity index (χ4n) is 3.35. The van der Waals surface area contributed by atoms with E-state index < -0.39 is 6.10 Å². The first kappa shape index (κ1) is 19.0. The fraction of sp³-hybridized carbons (Fsp3) is 0.429. The highest BCUT2D eigenvalue weighted by Crippen LogP contribution is 2.19. The van der Waals surface area contributed by atoms with Gasteiger partial charge in [-0.15, -0.1) is 0 Å². The van der Waals surface area contributed by atoms with Crippen LogP contribution in [0.4, 0.5) is 5.69 Å². The molecule has 3 rings (SSSR count). The Balaban J connectivity index is 1.43. The van der Waals surface area contributed by atoms with Crippen molar-refractivity contribution < 1.29 is 14.7 Å². The highest BCUT2D eigenvalue weighted by Gasteiger charge is 2.23. The molecule has 4 nitrogen and oxygen atoms in total. The molecule has 0 bridgehead atoms. The van der Waals surface area contributed by atoms with Crippen LogP contribution in [0.2, 0.25) is 5.02 Å². The quantitative estimate of drug-likeness (QED) is 0.812. The van der Waals surface area contributed by atoms with Crippen molar-refractivity contribution in [1.82, 2.24) is 0 Å². The molecule has 0 saturated carbocycles. The molecule has 1 saturated heterocycles. The highest BCUT2D eigenvalue weighted by molar-refractivity contribution is 6.30. The van der Waals surface area contributed by atoms with Gasteiger partial charge in [-0.1, -0.05) is 23.7 Å². The van der Waals surface area contributed by atoms with Crippen LogP contribution in [0.15, 0.2) is 42.5 Å². The number of aliphatic hydroxyl groups excluding tert-OH is 1. The van der Waals surface area contributed by atoms with E-state index in [1.807, 2.05) is 30.3 Å². The maximum absolute atomic E-state index is 10.3. The van der Waals surface area contributed by atoms with E-state index in [1.54, 1.807) is 0 Å². The summed E-state index contributed by atoms with van der Waals surface area (Å²) in [4.78, 5) is 3.77. The second-order valence-electron chi connectivity index (χ2n) is 7.13. The van der Waals surface area contributed by atoms with E-state index in [1.165, 1.54) is 21.7 Å². The van der Waals surface area contributed by atoms with Crippen molar-refractivity contribution in [3.8, 4) is 5.75 Å². The Labute approximate surface area is 160 Å². The largest absolute Gasteiger partial charge is 0.491 e. The molecule has 0 radical (unpaired) electrons. The monoisotopic (exact) mass is 375 g/mol. The summed E-state index contributed by atoms with van der Waals surface area (Å²) in [7, 11) is 0. The van der Waals surface area contributed by atoms with Crippen LogP contribution in [0.5, 0.6) is 5.75 Å². The van der Waals surface area contributed by atoms with Crippen molar-refractivity contribution in [2.75, 3.05) is 44.2 Å². The van der Waals surface area contributed by atoms with Crippen LogP contribution in [0.3, 0.4) is 0 Å². The number of ether oxygens (including phenoxy) is 1. The van der Waals surface area contributed by atoms with Crippen molar-refractivity contribution in [2.45, 2.75) is 20.0 Å². The topological polar surface area (TPSA) is 37.1 Å². The zero-order valence-electron chi connectivity index (χ0n) is 15.5. The molecule has 0 aliphatic carbocycles. The molecule has 0 amide bonds. The number of aliphatic hydroxyl groups is 1. The summed E-state index contributed by atoms with van der Waals surface area (Å²) >= 11 is 6.09. The third kappa shape index (κ3) is 5.13. The van der Waals surface area contributed by atoms with Gasteiger partial charge in [-0.3, -0.25) is 0 Å². The van der Waals surface area contributed by atoms with Crippen LogP contribution in [0.1, 0.15) is 11.1 Å². The van der Waals surface area contributed by atoms with Gasteiger partial charge in [0, 0.05) is 10.7 Å². The van der Waals surface area contributed by atoms with Crippen molar-refractivity contribution >= 4 is 17.3 Å². The lowest BCUT2D eigenvalue weighted by Crippen LogP contribution is -3.16. The van der Waals surface area contributed by atoms with Crippen LogP contribution in [-0.2, 0) is 0 Å². The van der Waals surface area contributed by atoms with Gasteiger partial charge in [0.1, 0.15) is 25.0 Å². The Morgan fingerprint density at radius 2 is 1.88 bits per heavy atom. The molecule has 1 aliphatic heterocycles. The molecule has 0 spiro atoms. The van der Waals surface area contributed by atoms with Gasteiger partial charge in [0.15, 0.2) is 0 Å². The minimum atomic E-state index is -0.454. The Bertz CT molecular complexity index is 730. The number of hydrogen-bond acceptors (Lipinski definition) is 3. The zero-order chi connectivity index (χ0) is 18.5. The summed E-state index contributed by atoms with van der Waals surface area (Å²) in [6.07, 6.45) is -0.454. The summed E-state index contributed by atoms with van der Waals surface area (Å²) in [6.45, 7) is 9.17. The summed E-state index contributed by atoms with van der Waals surface area (Å²) in [5, 5.41) is 11.1. The molecular formula is C21H28ClN2O2+. The predicted molar refractivity (Wildman–Crippen MR) is 107 cm³/mol. The number of halogens is 1. The van der Waals surface area contributed by atoms with Gasteiger partial charge in [-0.25, -0.2) is 0 Å².